The lowest BCUT2D eigenvalue weighted by molar-refractivity contribution is -0.142. The number of amides is 1. The van der Waals surface area contributed by atoms with Crippen molar-refractivity contribution < 1.29 is 9.53 Å². The number of nitrogens with zero attached hydrogens (tertiary/aromatic N) is 1. The molecule has 34 heavy (non-hydrogen) atoms. The first-order valence-corrected chi connectivity index (χ1v) is 12.9. The molecule has 1 saturated heterocycles. The molecule has 184 valence electrons. The first-order valence-electron chi connectivity index (χ1n) is 12.9. The molecule has 3 atom stereocenters. The highest BCUT2D eigenvalue weighted by Crippen LogP contribution is 2.46. The van der Waals surface area contributed by atoms with Gasteiger partial charge in [0.25, 0.3) is 0 Å². The highest BCUT2D eigenvalue weighted by molar-refractivity contribution is 5.81. The lowest BCUT2D eigenvalue weighted by atomic mass is 9.81. The van der Waals surface area contributed by atoms with Gasteiger partial charge in [0.05, 0.1) is 19.3 Å². The van der Waals surface area contributed by atoms with E-state index in [-0.39, 0.29) is 29.0 Å². The summed E-state index contributed by atoms with van der Waals surface area (Å²) in [5.74, 6) is 1.31. The van der Waals surface area contributed by atoms with Crippen LogP contribution in [0.25, 0.3) is 0 Å². The normalized spacial score (nSPS) is 24.4. The fraction of sp³-hybridized carbons (Fsp3) is 0.567. The molecule has 2 fully saturated rings. The molecule has 0 radical (unpaired) electrons. The standard InChI is InChI=1S/C30H42N2O2/c1-29(2,3)23-14-16-26(34-6)22(19-23)20-31-27-17-15-25(21-11-8-7-9-12-21)32(27)28(33)24-13-10-18-30(24,4)5/h7-9,11-12,14,16,19,24-25,27,31H,10,13,15,17-18,20H2,1-6H3. The number of carbonyl (C=O) groups is 1. The molecule has 2 aliphatic rings. The molecule has 1 aliphatic heterocycles. The third-order valence-electron chi connectivity index (χ3n) is 8.05. The molecule has 2 aromatic rings. The fourth-order valence-electron chi connectivity index (χ4n) is 5.90. The van der Waals surface area contributed by atoms with E-state index >= 15 is 0 Å². The van der Waals surface area contributed by atoms with Crippen molar-refractivity contribution in [3.63, 3.8) is 0 Å². The first-order chi connectivity index (χ1) is 16.1. The Hall–Kier alpha value is -2.33. The van der Waals surface area contributed by atoms with Crippen LogP contribution < -0.4 is 10.1 Å². The number of hydrogen-bond donors (Lipinski definition) is 1. The molecule has 1 amide bonds. The van der Waals surface area contributed by atoms with Crippen LogP contribution in [0.5, 0.6) is 5.75 Å². The van der Waals surface area contributed by atoms with Crippen LogP contribution in [-0.2, 0) is 16.8 Å². The van der Waals surface area contributed by atoms with Crippen molar-refractivity contribution in [1.82, 2.24) is 10.2 Å². The number of nitrogens with one attached hydrogen (secondary N) is 1. The van der Waals surface area contributed by atoms with E-state index in [1.807, 2.05) is 0 Å². The molecule has 1 saturated carbocycles. The molecule has 0 spiro atoms. The van der Waals surface area contributed by atoms with Gasteiger partial charge in [-0.15, -0.1) is 0 Å². The number of rotatable bonds is 6. The van der Waals surface area contributed by atoms with Crippen LogP contribution in [0.3, 0.4) is 0 Å². The van der Waals surface area contributed by atoms with E-state index in [1.54, 1.807) is 7.11 Å². The SMILES string of the molecule is COc1ccc(C(C)(C)C)cc1CNC1CCC(c2ccccc2)N1C(=O)C1CCCC1(C)C. The summed E-state index contributed by atoms with van der Waals surface area (Å²) < 4.78 is 5.68. The Bertz CT molecular complexity index is 993. The Morgan fingerprint density at radius 3 is 2.44 bits per heavy atom. The van der Waals surface area contributed by atoms with Crippen molar-refractivity contribution in [1.29, 1.82) is 0 Å². The van der Waals surface area contributed by atoms with E-state index < -0.39 is 0 Å². The quantitative estimate of drug-likeness (QED) is 0.526. The molecule has 1 N–H and O–H groups in total. The van der Waals surface area contributed by atoms with E-state index in [0.29, 0.717) is 12.5 Å². The number of ether oxygens (including phenoxy) is 1. The van der Waals surface area contributed by atoms with E-state index in [0.717, 1.165) is 43.4 Å². The molecule has 2 aromatic carbocycles. The molecule has 3 unspecified atom stereocenters. The summed E-state index contributed by atoms with van der Waals surface area (Å²) in [4.78, 5) is 16.2. The van der Waals surface area contributed by atoms with E-state index in [1.165, 1.54) is 11.1 Å². The van der Waals surface area contributed by atoms with Crippen LogP contribution in [0.15, 0.2) is 48.5 Å². The molecule has 4 heteroatoms. The van der Waals surface area contributed by atoms with Gasteiger partial charge in [0, 0.05) is 18.0 Å². The van der Waals surface area contributed by atoms with Gasteiger partial charge in [-0.05, 0) is 53.7 Å². The van der Waals surface area contributed by atoms with E-state index in [9.17, 15) is 4.79 Å². The minimum Gasteiger partial charge on any atom is -0.496 e. The third kappa shape index (κ3) is 5.02. The molecule has 1 heterocycles. The maximum absolute atomic E-state index is 14.0. The number of likely N-dealkylation sites (tertiary alicyclic amines) is 1. The predicted octanol–water partition coefficient (Wildman–Crippen LogP) is 6.60. The van der Waals surface area contributed by atoms with Crippen molar-refractivity contribution in [2.24, 2.45) is 11.3 Å². The zero-order valence-corrected chi connectivity index (χ0v) is 21.9. The van der Waals surface area contributed by atoms with Crippen LogP contribution in [0.4, 0.5) is 0 Å². The van der Waals surface area contributed by atoms with Gasteiger partial charge in [-0.25, -0.2) is 0 Å². The lowest BCUT2D eigenvalue weighted by Gasteiger charge is -2.37. The van der Waals surface area contributed by atoms with Crippen LogP contribution in [0.2, 0.25) is 0 Å². The molecular formula is C30H42N2O2. The molecule has 0 bridgehead atoms. The van der Waals surface area contributed by atoms with Crippen molar-refractivity contribution in [3.05, 3.63) is 65.2 Å². The van der Waals surface area contributed by atoms with Crippen LogP contribution in [-0.4, -0.2) is 24.1 Å². The number of methoxy groups -OCH3 is 1. The highest BCUT2D eigenvalue weighted by atomic mass is 16.5. The van der Waals surface area contributed by atoms with Crippen LogP contribution in [0, 0.1) is 11.3 Å². The average molecular weight is 463 g/mol. The van der Waals surface area contributed by atoms with E-state index in [2.05, 4.69) is 93.4 Å². The Morgan fingerprint density at radius 1 is 1.09 bits per heavy atom. The zero-order valence-electron chi connectivity index (χ0n) is 21.9. The summed E-state index contributed by atoms with van der Waals surface area (Å²) in [5, 5.41) is 3.76. The van der Waals surface area contributed by atoms with Gasteiger partial charge in [-0.1, -0.05) is 83.5 Å². The summed E-state index contributed by atoms with van der Waals surface area (Å²) in [5.41, 5.74) is 3.81. The largest absolute Gasteiger partial charge is 0.496 e. The Morgan fingerprint density at radius 2 is 1.82 bits per heavy atom. The molecular weight excluding hydrogens is 420 g/mol. The van der Waals surface area contributed by atoms with Gasteiger partial charge in [0.15, 0.2) is 0 Å². The monoisotopic (exact) mass is 462 g/mol. The second-order valence-electron chi connectivity index (χ2n) is 11.9. The van der Waals surface area contributed by atoms with Gasteiger partial charge < -0.3 is 9.64 Å². The minimum atomic E-state index is 0.0251. The van der Waals surface area contributed by atoms with Crippen molar-refractivity contribution >= 4 is 5.91 Å². The maximum Gasteiger partial charge on any atom is 0.227 e. The minimum absolute atomic E-state index is 0.0251. The van der Waals surface area contributed by atoms with Crippen LogP contribution in [0.1, 0.15) is 89.5 Å². The van der Waals surface area contributed by atoms with Gasteiger partial charge in [-0.2, -0.15) is 0 Å². The van der Waals surface area contributed by atoms with Crippen LogP contribution >= 0.6 is 0 Å². The van der Waals surface area contributed by atoms with Gasteiger partial charge >= 0.3 is 0 Å². The average Bonchev–Trinajstić information content (AvgIpc) is 3.39. The third-order valence-corrected chi connectivity index (χ3v) is 8.05. The summed E-state index contributed by atoms with van der Waals surface area (Å²) in [6.45, 7) is 11.9. The fourth-order valence-corrected chi connectivity index (χ4v) is 5.90. The molecule has 4 rings (SSSR count). The summed E-state index contributed by atoms with van der Waals surface area (Å²) in [7, 11) is 1.73. The predicted molar refractivity (Wildman–Crippen MR) is 139 cm³/mol. The van der Waals surface area contributed by atoms with Crippen molar-refractivity contribution in [2.45, 2.75) is 90.9 Å². The second kappa shape index (κ2) is 9.73. The topological polar surface area (TPSA) is 41.6 Å². The smallest absolute Gasteiger partial charge is 0.227 e. The van der Waals surface area contributed by atoms with Crippen molar-refractivity contribution in [3.8, 4) is 5.75 Å². The van der Waals surface area contributed by atoms with Gasteiger partial charge in [0.2, 0.25) is 5.91 Å². The number of carbonyl (C=O) groups excluding carboxylic acids is 1. The van der Waals surface area contributed by atoms with Gasteiger partial charge in [0.1, 0.15) is 5.75 Å². The highest BCUT2D eigenvalue weighted by Gasteiger charge is 2.46. The Labute approximate surface area is 206 Å². The number of hydrogen-bond acceptors (Lipinski definition) is 3. The van der Waals surface area contributed by atoms with Gasteiger partial charge in [-0.3, -0.25) is 10.1 Å². The van der Waals surface area contributed by atoms with E-state index in [4.69, 9.17) is 4.74 Å². The second-order valence-corrected chi connectivity index (χ2v) is 11.9. The van der Waals surface area contributed by atoms with Crippen molar-refractivity contribution in [2.75, 3.05) is 7.11 Å². The molecule has 4 nitrogen and oxygen atoms in total. The Kier molecular flexibility index (Phi) is 7.09. The summed E-state index contributed by atoms with van der Waals surface area (Å²) in [6.07, 6.45) is 5.24. The molecule has 1 aliphatic carbocycles. The Balaban J connectivity index is 1.60. The zero-order chi connectivity index (χ0) is 24.5. The lowest BCUT2D eigenvalue weighted by Crippen LogP contribution is -2.49. The maximum atomic E-state index is 14.0. The summed E-state index contributed by atoms with van der Waals surface area (Å²) >= 11 is 0. The summed E-state index contributed by atoms with van der Waals surface area (Å²) in [6, 6.07) is 17.2. The number of benzene rings is 2. The molecule has 0 aromatic heterocycles. The first kappa shape index (κ1) is 24.8.